The van der Waals surface area contributed by atoms with E-state index in [1.165, 1.54) is 6.42 Å². The van der Waals surface area contributed by atoms with Gasteiger partial charge < -0.3 is 24.8 Å². The molecular formula is C34H43FN4O5. The molecule has 0 saturated heterocycles. The fraction of sp³-hybridized carbons (Fsp3) is 0.500. The summed E-state index contributed by atoms with van der Waals surface area (Å²) in [4.78, 5) is 27.1. The Hall–Kier alpha value is -3.92. The van der Waals surface area contributed by atoms with Gasteiger partial charge in [0, 0.05) is 37.0 Å². The molecule has 0 atom stereocenters. The second-order valence-corrected chi connectivity index (χ2v) is 11.8. The van der Waals surface area contributed by atoms with Gasteiger partial charge in [-0.1, -0.05) is 49.9 Å². The number of nitrogens with one attached hydrogen (secondary N) is 1. The number of aryl methyl sites for hydroxylation is 2. The highest BCUT2D eigenvalue weighted by Gasteiger charge is 2.25. The normalized spacial score (nSPS) is 15.0. The molecule has 0 unspecified atom stereocenters. The number of fused-ring (bicyclic) bond motifs is 1. The van der Waals surface area contributed by atoms with Gasteiger partial charge >= 0.3 is 0 Å². The number of hydrogen-bond acceptors (Lipinski definition) is 6. The van der Waals surface area contributed by atoms with Gasteiger partial charge in [-0.15, -0.1) is 0 Å². The van der Waals surface area contributed by atoms with Gasteiger partial charge in [-0.3, -0.25) is 14.3 Å². The third kappa shape index (κ3) is 7.96. The smallest absolute Gasteiger partial charge is 0.262 e. The van der Waals surface area contributed by atoms with E-state index in [1.807, 2.05) is 12.1 Å². The molecular weight excluding hydrogens is 563 g/mol. The van der Waals surface area contributed by atoms with Crippen molar-refractivity contribution in [2.75, 3.05) is 31.7 Å². The number of aromatic nitrogens is 2. The minimum atomic E-state index is -0.275. The topological polar surface area (TPSA) is 106 Å². The van der Waals surface area contributed by atoms with Crippen LogP contribution in [0.5, 0.6) is 11.5 Å². The van der Waals surface area contributed by atoms with E-state index in [0.29, 0.717) is 48.6 Å². The molecule has 44 heavy (non-hydrogen) atoms. The molecule has 1 aromatic heterocycles. The minimum absolute atomic E-state index is 0.00427. The monoisotopic (exact) mass is 606 g/mol. The molecule has 0 spiro atoms. The summed E-state index contributed by atoms with van der Waals surface area (Å²) in [6.07, 6.45) is 13.3. The third-order valence-corrected chi connectivity index (χ3v) is 8.58. The van der Waals surface area contributed by atoms with Crippen LogP contribution in [0, 0.1) is 5.82 Å². The molecule has 1 fully saturated rings. The predicted molar refractivity (Wildman–Crippen MR) is 166 cm³/mol. The van der Waals surface area contributed by atoms with Crippen LogP contribution in [0.3, 0.4) is 0 Å². The lowest BCUT2D eigenvalue weighted by molar-refractivity contribution is -0.135. The van der Waals surface area contributed by atoms with Crippen LogP contribution >= 0.6 is 0 Å². The Morgan fingerprint density at radius 2 is 1.95 bits per heavy atom. The van der Waals surface area contributed by atoms with Crippen molar-refractivity contribution < 1.29 is 28.6 Å². The molecule has 5 rings (SSSR count). The number of benzene rings is 2. The molecule has 2 N–H and O–H groups in total. The maximum Gasteiger partial charge on any atom is 0.262 e. The van der Waals surface area contributed by atoms with Crippen molar-refractivity contribution in [3.8, 4) is 22.6 Å². The van der Waals surface area contributed by atoms with E-state index in [4.69, 9.17) is 9.47 Å². The molecule has 2 aromatic carbocycles. The highest BCUT2D eigenvalue weighted by atomic mass is 19.1. The fourth-order valence-corrected chi connectivity index (χ4v) is 6.23. The molecule has 2 aliphatic rings. The molecule has 236 valence electrons. The van der Waals surface area contributed by atoms with Crippen LogP contribution in [0.2, 0.25) is 0 Å². The number of ether oxygens (including phenoxy) is 2. The standard InChI is InChI=1S/C34H43FN4O5/c1-38-22-26(21-36-38)28-13-8-10-24(32(28)35)16-19-43-20-17-31(42)39(27-11-5-2-6-12-27)18-7-3-4-9-25-14-15-29(40)33-34(25)44-23-30(41)37-33/h8,10,13-15,21-22,27,40H,2-7,9,11-12,16-20,23H2,1H3,(H,37,41). The Morgan fingerprint density at radius 3 is 2.75 bits per heavy atom. The van der Waals surface area contributed by atoms with Crippen LogP contribution in [0.15, 0.2) is 42.7 Å². The van der Waals surface area contributed by atoms with E-state index in [9.17, 15) is 14.7 Å². The fourth-order valence-electron chi connectivity index (χ4n) is 6.23. The zero-order valence-electron chi connectivity index (χ0n) is 25.5. The van der Waals surface area contributed by atoms with Gasteiger partial charge in [-0.2, -0.15) is 5.10 Å². The number of aromatic hydroxyl groups is 1. The molecule has 10 heteroatoms. The van der Waals surface area contributed by atoms with Gasteiger partial charge in [0.2, 0.25) is 5.91 Å². The summed E-state index contributed by atoms with van der Waals surface area (Å²) in [5.74, 6) is 0.145. The molecule has 0 radical (unpaired) electrons. The van der Waals surface area contributed by atoms with Crippen molar-refractivity contribution in [2.45, 2.75) is 76.7 Å². The number of amides is 2. The lowest BCUT2D eigenvalue weighted by Gasteiger charge is -2.34. The molecule has 1 saturated carbocycles. The van der Waals surface area contributed by atoms with Crippen molar-refractivity contribution in [3.63, 3.8) is 0 Å². The lowest BCUT2D eigenvalue weighted by Crippen LogP contribution is -2.42. The Morgan fingerprint density at radius 1 is 1.11 bits per heavy atom. The first-order valence-electron chi connectivity index (χ1n) is 15.8. The van der Waals surface area contributed by atoms with Gasteiger partial charge in [-0.05, 0) is 55.7 Å². The van der Waals surface area contributed by atoms with Gasteiger partial charge in [0.25, 0.3) is 5.91 Å². The Bertz CT molecular complexity index is 1440. The second-order valence-electron chi connectivity index (χ2n) is 11.8. The van der Waals surface area contributed by atoms with E-state index in [2.05, 4.69) is 15.3 Å². The van der Waals surface area contributed by atoms with Crippen molar-refractivity contribution in [1.82, 2.24) is 14.7 Å². The van der Waals surface area contributed by atoms with E-state index in [0.717, 1.165) is 69.0 Å². The first-order chi connectivity index (χ1) is 21.4. The van der Waals surface area contributed by atoms with Gasteiger partial charge in [0.05, 0.1) is 25.8 Å². The average Bonchev–Trinajstić information content (AvgIpc) is 3.46. The summed E-state index contributed by atoms with van der Waals surface area (Å²) >= 11 is 0. The number of nitrogens with zero attached hydrogens (tertiary/aromatic N) is 3. The number of unbranched alkanes of at least 4 members (excludes halogenated alkanes) is 2. The van der Waals surface area contributed by atoms with E-state index in [-0.39, 0.29) is 36.0 Å². The largest absolute Gasteiger partial charge is 0.506 e. The Labute approximate surface area is 258 Å². The first kappa shape index (κ1) is 31.5. The van der Waals surface area contributed by atoms with E-state index in [1.54, 1.807) is 42.3 Å². The number of anilines is 1. The van der Waals surface area contributed by atoms with Crippen LogP contribution in [-0.4, -0.2) is 64.0 Å². The van der Waals surface area contributed by atoms with Gasteiger partial charge in [0.1, 0.15) is 17.3 Å². The summed E-state index contributed by atoms with van der Waals surface area (Å²) in [7, 11) is 1.81. The highest BCUT2D eigenvalue weighted by molar-refractivity contribution is 5.97. The van der Waals surface area contributed by atoms with Crippen LogP contribution in [-0.2, 0) is 34.2 Å². The first-order valence-corrected chi connectivity index (χ1v) is 15.8. The maximum absolute atomic E-state index is 15.1. The minimum Gasteiger partial charge on any atom is -0.506 e. The van der Waals surface area contributed by atoms with E-state index >= 15 is 4.39 Å². The number of halogens is 1. The van der Waals surface area contributed by atoms with Crippen molar-refractivity contribution in [3.05, 3.63) is 59.7 Å². The zero-order valence-corrected chi connectivity index (χ0v) is 25.5. The Kier molecular flexibility index (Phi) is 10.9. The second kappa shape index (κ2) is 15.2. The Balaban J connectivity index is 1.07. The van der Waals surface area contributed by atoms with Crippen LogP contribution in [0.4, 0.5) is 10.1 Å². The maximum atomic E-state index is 15.1. The van der Waals surface area contributed by atoms with Crippen LogP contribution in [0.25, 0.3) is 11.1 Å². The number of rotatable bonds is 14. The zero-order chi connectivity index (χ0) is 30.9. The average molecular weight is 607 g/mol. The molecule has 9 nitrogen and oxygen atoms in total. The molecule has 3 aromatic rings. The van der Waals surface area contributed by atoms with Crippen molar-refractivity contribution >= 4 is 17.5 Å². The number of phenols is 1. The SMILES string of the molecule is Cn1cc(-c2cccc(CCOCCC(=O)N(CCCCCc3ccc(O)c4c3OCC(=O)N4)C3CCCCC3)c2F)cn1. The third-order valence-electron chi connectivity index (χ3n) is 8.58. The highest BCUT2D eigenvalue weighted by Crippen LogP contribution is 2.39. The molecule has 2 heterocycles. The molecule has 1 aliphatic carbocycles. The summed E-state index contributed by atoms with van der Waals surface area (Å²) in [6, 6.07) is 9.08. The number of phenolic OH excluding ortho intramolecular Hbond substituents is 1. The van der Waals surface area contributed by atoms with E-state index < -0.39 is 0 Å². The summed E-state index contributed by atoms with van der Waals surface area (Å²) in [5, 5.41) is 16.9. The number of hydrogen-bond donors (Lipinski definition) is 2. The molecule has 2 amide bonds. The summed E-state index contributed by atoms with van der Waals surface area (Å²) in [6.45, 7) is 1.32. The van der Waals surface area contributed by atoms with Gasteiger partial charge in [-0.25, -0.2) is 4.39 Å². The molecule has 1 aliphatic heterocycles. The summed E-state index contributed by atoms with van der Waals surface area (Å²) < 4.78 is 28.2. The predicted octanol–water partition coefficient (Wildman–Crippen LogP) is 5.79. The number of carbonyl (C=O) groups excluding carboxylic acids is 2. The van der Waals surface area contributed by atoms with Crippen molar-refractivity contribution in [2.24, 2.45) is 7.05 Å². The van der Waals surface area contributed by atoms with Gasteiger partial charge in [0.15, 0.2) is 12.4 Å². The lowest BCUT2D eigenvalue weighted by atomic mass is 9.93. The summed E-state index contributed by atoms with van der Waals surface area (Å²) in [5.41, 5.74) is 3.16. The quantitative estimate of drug-likeness (QED) is 0.178. The number of carbonyl (C=O) groups is 2. The van der Waals surface area contributed by atoms with Crippen LogP contribution < -0.4 is 10.1 Å². The van der Waals surface area contributed by atoms with Crippen LogP contribution in [0.1, 0.15) is 68.9 Å². The van der Waals surface area contributed by atoms with Crippen molar-refractivity contribution in [1.29, 1.82) is 0 Å². The molecule has 0 bridgehead atoms.